The molecule has 4 rings (SSSR count). The lowest BCUT2D eigenvalue weighted by Crippen LogP contribution is -2.34. The minimum atomic E-state index is -0.888. The van der Waals surface area contributed by atoms with Gasteiger partial charge in [-0.15, -0.1) is 0 Å². The normalized spacial score (nSPS) is 10.8. The third-order valence-electron chi connectivity index (χ3n) is 5.39. The van der Waals surface area contributed by atoms with E-state index in [1.807, 2.05) is 36.4 Å². The number of hydrogen-bond donors (Lipinski definition) is 1. The van der Waals surface area contributed by atoms with Gasteiger partial charge in [-0.1, -0.05) is 76.9 Å². The van der Waals surface area contributed by atoms with Crippen molar-refractivity contribution in [2.45, 2.75) is 19.8 Å². The summed E-state index contributed by atoms with van der Waals surface area (Å²) in [5, 5.41) is 15.2. The van der Waals surface area contributed by atoms with Gasteiger partial charge in [-0.05, 0) is 43.2 Å². The van der Waals surface area contributed by atoms with Crippen LogP contribution >= 0.6 is 23.2 Å². The third-order valence-corrected chi connectivity index (χ3v) is 5.92. The lowest BCUT2D eigenvalue weighted by molar-refractivity contribution is -0.136. The lowest BCUT2D eigenvalue weighted by Gasteiger charge is -2.22. The molecule has 0 saturated heterocycles. The molecule has 1 N–H and O–H groups in total. The number of carbonyl (C=O) groups is 2. The van der Waals surface area contributed by atoms with Crippen molar-refractivity contribution in [2.24, 2.45) is 0 Å². The highest BCUT2D eigenvalue weighted by Crippen LogP contribution is 2.35. The molecule has 3 aromatic carbocycles. The Morgan fingerprint density at radius 3 is 2.44 bits per heavy atom. The van der Waals surface area contributed by atoms with E-state index in [0.29, 0.717) is 28.3 Å². The van der Waals surface area contributed by atoms with Gasteiger partial charge < -0.3 is 14.5 Å². The maximum Gasteiger partial charge on any atom is 0.303 e. The smallest absolute Gasteiger partial charge is 0.303 e. The van der Waals surface area contributed by atoms with E-state index in [4.69, 9.17) is 37.7 Å². The number of carboxylic acid groups (broad SMARTS) is 1. The van der Waals surface area contributed by atoms with Crippen LogP contribution in [0.4, 0.5) is 0 Å². The Labute approximate surface area is 217 Å². The Balaban J connectivity index is 1.77. The Hall–Kier alpha value is -3.81. The second kappa shape index (κ2) is 11.3. The van der Waals surface area contributed by atoms with Crippen LogP contribution in [0.2, 0.25) is 10.0 Å². The summed E-state index contributed by atoms with van der Waals surface area (Å²) >= 11 is 12.3. The fourth-order valence-corrected chi connectivity index (χ4v) is 4.08. The molecule has 0 unspecified atom stereocenters. The van der Waals surface area contributed by atoms with Crippen molar-refractivity contribution in [3.05, 3.63) is 94.0 Å². The Morgan fingerprint density at radius 2 is 1.75 bits per heavy atom. The zero-order valence-electron chi connectivity index (χ0n) is 19.3. The molecule has 0 aliphatic heterocycles. The number of rotatable bonds is 9. The minimum Gasteiger partial charge on any atom is -0.481 e. The van der Waals surface area contributed by atoms with Crippen LogP contribution < -0.4 is 4.84 Å². The summed E-state index contributed by atoms with van der Waals surface area (Å²) in [7, 11) is 0. The molecule has 0 saturated carbocycles. The summed E-state index contributed by atoms with van der Waals surface area (Å²) in [6, 6.07) is 21.1. The van der Waals surface area contributed by atoms with Crippen LogP contribution in [0.15, 0.2) is 77.3 Å². The summed E-state index contributed by atoms with van der Waals surface area (Å²) in [6.07, 6.45) is 0.331. The highest BCUT2D eigenvalue weighted by molar-refractivity contribution is 6.35. The standard InChI is InChI=1S/C27H22Cl2N2O5/c1-2-31(36-22-13-12-20(28)16-21(22)29)27(34)24-25(30-35-26(24)18-8-4-3-5-9-18)19-10-6-7-17(15-19)11-14-23(32)33/h3-10,12-13,15-16H,2,11,14H2,1H3,(H,32,33). The highest BCUT2D eigenvalue weighted by atomic mass is 35.5. The van der Waals surface area contributed by atoms with E-state index in [-0.39, 0.29) is 35.1 Å². The molecule has 4 aromatic rings. The summed E-state index contributed by atoms with van der Waals surface area (Å²) < 4.78 is 5.69. The summed E-state index contributed by atoms with van der Waals surface area (Å²) in [5.41, 5.74) is 2.62. The van der Waals surface area contributed by atoms with Gasteiger partial charge >= 0.3 is 5.97 Å². The van der Waals surface area contributed by atoms with Crippen LogP contribution in [0.1, 0.15) is 29.3 Å². The molecular formula is C27H22Cl2N2O5. The van der Waals surface area contributed by atoms with E-state index in [1.54, 1.807) is 37.3 Å². The van der Waals surface area contributed by atoms with Crippen molar-refractivity contribution in [3.63, 3.8) is 0 Å². The average Bonchev–Trinajstić information content (AvgIpc) is 3.33. The van der Waals surface area contributed by atoms with Crippen molar-refractivity contribution in [1.29, 1.82) is 0 Å². The molecule has 36 heavy (non-hydrogen) atoms. The van der Waals surface area contributed by atoms with Crippen LogP contribution in [-0.4, -0.2) is 33.7 Å². The van der Waals surface area contributed by atoms with E-state index in [2.05, 4.69) is 5.16 Å². The summed E-state index contributed by atoms with van der Waals surface area (Å²) in [4.78, 5) is 30.7. The zero-order chi connectivity index (χ0) is 25.7. The zero-order valence-corrected chi connectivity index (χ0v) is 20.8. The highest BCUT2D eigenvalue weighted by Gasteiger charge is 2.30. The molecule has 184 valence electrons. The topological polar surface area (TPSA) is 92.9 Å². The molecule has 1 heterocycles. The largest absolute Gasteiger partial charge is 0.481 e. The number of halogens is 2. The lowest BCUT2D eigenvalue weighted by atomic mass is 9.99. The van der Waals surface area contributed by atoms with E-state index in [1.165, 1.54) is 11.1 Å². The van der Waals surface area contributed by atoms with Crippen molar-refractivity contribution >= 4 is 35.1 Å². The number of hydrogen-bond acceptors (Lipinski definition) is 5. The van der Waals surface area contributed by atoms with Gasteiger partial charge in [0, 0.05) is 22.6 Å². The molecule has 7 nitrogen and oxygen atoms in total. The van der Waals surface area contributed by atoms with Crippen molar-refractivity contribution in [2.75, 3.05) is 6.54 Å². The second-order valence-corrected chi connectivity index (χ2v) is 8.70. The van der Waals surface area contributed by atoms with E-state index < -0.39 is 11.9 Å². The fourth-order valence-electron chi connectivity index (χ4n) is 3.64. The van der Waals surface area contributed by atoms with E-state index in [0.717, 1.165) is 5.56 Å². The monoisotopic (exact) mass is 524 g/mol. The number of amides is 1. The molecule has 9 heteroatoms. The first-order chi connectivity index (χ1) is 17.4. The van der Waals surface area contributed by atoms with E-state index >= 15 is 0 Å². The third kappa shape index (κ3) is 5.70. The number of hydroxylamine groups is 2. The minimum absolute atomic E-state index is 0.0113. The molecule has 0 bridgehead atoms. The maximum atomic E-state index is 13.9. The Bertz CT molecular complexity index is 1390. The van der Waals surface area contributed by atoms with E-state index in [9.17, 15) is 9.59 Å². The fraction of sp³-hybridized carbons (Fsp3) is 0.148. The van der Waals surface area contributed by atoms with Gasteiger partial charge in [0.15, 0.2) is 11.5 Å². The SMILES string of the molecule is CCN(Oc1ccc(Cl)cc1Cl)C(=O)c1c(-c2cccc(CCC(=O)O)c2)noc1-c1ccccc1. The van der Waals surface area contributed by atoms with Crippen LogP contribution in [0.5, 0.6) is 5.75 Å². The van der Waals surface area contributed by atoms with Crippen LogP contribution in [-0.2, 0) is 11.2 Å². The Morgan fingerprint density at radius 1 is 1.00 bits per heavy atom. The number of nitrogens with zero attached hydrogens (tertiary/aromatic N) is 2. The molecule has 0 aliphatic carbocycles. The van der Waals surface area contributed by atoms with Gasteiger partial charge in [-0.3, -0.25) is 9.59 Å². The number of aliphatic carboxylic acids is 1. The second-order valence-electron chi connectivity index (χ2n) is 7.86. The van der Waals surface area contributed by atoms with Crippen LogP contribution in [0.25, 0.3) is 22.6 Å². The predicted molar refractivity (Wildman–Crippen MR) is 137 cm³/mol. The quantitative estimate of drug-likeness (QED) is 0.242. The number of carboxylic acids is 1. The molecule has 0 aliphatic rings. The molecule has 0 atom stereocenters. The van der Waals surface area contributed by atoms with Crippen LogP contribution in [0, 0.1) is 0 Å². The van der Waals surface area contributed by atoms with Gasteiger partial charge in [0.05, 0.1) is 11.6 Å². The average molecular weight is 525 g/mol. The molecular weight excluding hydrogens is 503 g/mol. The predicted octanol–water partition coefficient (Wildman–Crippen LogP) is 6.79. The first-order valence-corrected chi connectivity index (χ1v) is 11.9. The van der Waals surface area contributed by atoms with Crippen molar-refractivity contribution < 1.29 is 24.1 Å². The van der Waals surface area contributed by atoms with Crippen molar-refractivity contribution in [1.82, 2.24) is 10.2 Å². The summed E-state index contributed by atoms with van der Waals surface area (Å²) in [6.45, 7) is 1.97. The number of aryl methyl sites for hydroxylation is 1. The molecule has 1 aromatic heterocycles. The first kappa shape index (κ1) is 25.3. The summed E-state index contributed by atoms with van der Waals surface area (Å²) in [5.74, 6) is -0.808. The van der Waals surface area contributed by atoms with Gasteiger partial charge in [-0.2, -0.15) is 5.06 Å². The molecule has 0 spiro atoms. The first-order valence-electron chi connectivity index (χ1n) is 11.2. The molecule has 0 radical (unpaired) electrons. The number of benzene rings is 3. The number of carbonyl (C=O) groups excluding carboxylic acids is 1. The van der Waals surface area contributed by atoms with Gasteiger partial charge in [0.1, 0.15) is 11.3 Å². The van der Waals surface area contributed by atoms with Crippen LogP contribution in [0.3, 0.4) is 0 Å². The van der Waals surface area contributed by atoms with Gasteiger partial charge in [-0.25, -0.2) is 0 Å². The molecule has 1 amide bonds. The maximum absolute atomic E-state index is 13.9. The number of aromatic nitrogens is 1. The molecule has 0 fully saturated rings. The Kier molecular flexibility index (Phi) is 7.93. The van der Waals surface area contributed by atoms with Gasteiger partial charge in [0.2, 0.25) is 0 Å². The van der Waals surface area contributed by atoms with Crippen molar-refractivity contribution in [3.8, 4) is 28.3 Å². The van der Waals surface area contributed by atoms with Gasteiger partial charge in [0.25, 0.3) is 5.91 Å².